The smallest absolute Gasteiger partial charge is 0.173 e. The van der Waals surface area contributed by atoms with Crippen molar-refractivity contribution in [2.24, 2.45) is 0 Å². The first kappa shape index (κ1) is 13.1. The first-order valence-corrected chi connectivity index (χ1v) is 7.34. The van der Waals surface area contributed by atoms with E-state index in [1.54, 1.807) is 0 Å². The Labute approximate surface area is 120 Å². The summed E-state index contributed by atoms with van der Waals surface area (Å²) in [6, 6.07) is 18.3. The maximum Gasteiger partial charge on any atom is 0.173 e. The molecule has 2 aromatic carbocycles. The molecule has 1 saturated carbocycles. The zero-order valence-corrected chi connectivity index (χ0v) is 12.1. The Hall–Kier alpha value is -1.89. The van der Waals surface area contributed by atoms with Crippen LogP contribution in [0.1, 0.15) is 54.1 Å². The van der Waals surface area contributed by atoms with Crippen molar-refractivity contribution < 1.29 is 4.79 Å². The monoisotopic (exact) mass is 264 g/mol. The standard InChI is InChI=1S/C19H20O/c1-14(2)15-8-10-16(11-9-15)18(20)19(12-13-19)17-6-4-3-5-7-17/h3-11,14H,12-13H2,1-2H3. The van der Waals surface area contributed by atoms with Gasteiger partial charge >= 0.3 is 0 Å². The molecule has 0 aliphatic heterocycles. The molecule has 0 amide bonds. The predicted octanol–water partition coefficient (Wildman–Crippen LogP) is 4.72. The molecule has 0 atom stereocenters. The molecule has 102 valence electrons. The van der Waals surface area contributed by atoms with Gasteiger partial charge in [-0.2, -0.15) is 0 Å². The lowest BCUT2D eigenvalue weighted by Gasteiger charge is -2.15. The lowest BCUT2D eigenvalue weighted by molar-refractivity contribution is 0.0946. The number of ketones is 1. The average molecular weight is 264 g/mol. The van der Waals surface area contributed by atoms with Crippen LogP contribution >= 0.6 is 0 Å². The van der Waals surface area contributed by atoms with Crippen LogP contribution in [0, 0.1) is 0 Å². The summed E-state index contributed by atoms with van der Waals surface area (Å²) in [5, 5.41) is 0. The Morgan fingerprint density at radius 3 is 2.05 bits per heavy atom. The topological polar surface area (TPSA) is 17.1 Å². The van der Waals surface area contributed by atoms with Gasteiger partial charge in [0.05, 0.1) is 5.41 Å². The highest BCUT2D eigenvalue weighted by molar-refractivity contribution is 6.06. The summed E-state index contributed by atoms with van der Waals surface area (Å²) in [6.07, 6.45) is 1.95. The maximum atomic E-state index is 12.8. The van der Waals surface area contributed by atoms with E-state index in [1.165, 1.54) is 5.56 Å². The predicted molar refractivity (Wildman–Crippen MR) is 82.2 cm³/mol. The van der Waals surface area contributed by atoms with Crippen molar-refractivity contribution in [3.8, 4) is 0 Å². The summed E-state index contributed by atoms with van der Waals surface area (Å²) in [4.78, 5) is 12.8. The van der Waals surface area contributed by atoms with E-state index in [1.807, 2.05) is 30.3 Å². The Morgan fingerprint density at radius 2 is 1.55 bits per heavy atom. The van der Waals surface area contributed by atoms with Gasteiger partial charge in [-0.3, -0.25) is 4.79 Å². The van der Waals surface area contributed by atoms with Crippen molar-refractivity contribution in [3.63, 3.8) is 0 Å². The van der Waals surface area contributed by atoms with E-state index in [2.05, 4.69) is 38.1 Å². The fraction of sp³-hybridized carbons (Fsp3) is 0.316. The summed E-state index contributed by atoms with van der Waals surface area (Å²) in [6.45, 7) is 4.34. The van der Waals surface area contributed by atoms with Crippen LogP contribution in [0.25, 0.3) is 0 Å². The second-order valence-corrected chi connectivity index (χ2v) is 6.05. The molecule has 0 radical (unpaired) electrons. The third-order valence-corrected chi connectivity index (χ3v) is 4.35. The summed E-state index contributed by atoms with van der Waals surface area (Å²) >= 11 is 0. The van der Waals surface area contributed by atoms with Crippen molar-refractivity contribution in [1.82, 2.24) is 0 Å². The number of carbonyl (C=O) groups excluding carboxylic acids is 1. The maximum absolute atomic E-state index is 12.8. The fourth-order valence-electron chi connectivity index (χ4n) is 2.82. The van der Waals surface area contributed by atoms with Gasteiger partial charge in [-0.1, -0.05) is 68.4 Å². The van der Waals surface area contributed by atoms with Crippen molar-refractivity contribution in [3.05, 3.63) is 71.3 Å². The average Bonchev–Trinajstić information content (AvgIpc) is 3.29. The van der Waals surface area contributed by atoms with Gasteiger partial charge in [0.15, 0.2) is 5.78 Å². The number of hydrogen-bond acceptors (Lipinski definition) is 1. The van der Waals surface area contributed by atoms with Gasteiger partial charge in [-0.25, -0.2) is 0 Å². The minimum absolute atomic E-state index is 0.249. The minimum atomic E-state index is -0.249. The molecule has 1 aliphatic rings. The molecule has 1 fully saturated rings. The molecule has 1 nitrogen and oxygen atoms in total. The SMILES string of the molecule is CC(C)c1ccc(C(=O)C2(c3ccccc3)CC2)cc1. The van der Waals surface area contributed by atoms with Gasteiger partial charge in [0.1, 0.15) is 0 Å². The van der Waals surface area contributed by atoms with E-state index in [0.29, 0.717) is 5.92 Å². The Kier molecular flexibility index (Phi) is 3.21. The van der Waals surface area contributed by atoms with Crippen LogP contribution in [0.5, 0.6) is 0 Å². The summed E-state index contributed by atoms with van der Waals surface area (Å²) in [5.41, 5.74) is 3.04. The van der Waals surface area contributed by atoms with Gasteiger partial charge in [0.25, 0.3) is 0 Å². The Balaban J connectivity index is 1.89. The van der Waals surface area contributed by atoms with Crippen LogP contribution < -0.4 is 0 Å². The minimum Gasteiger partial charge on any atom is -0.293 e. The zero-order chi connectivity index (χ0) is 14.2. The highest BCUT2D eigenvalue weighted by Gasteiger charge is 2.50. The fourth-order valence-corrected chi connectivity index (χ4v) is 2.82. The molecule has 0 saturated heterocycles. The second-order valence-electron chi connectivity index (χ2n) is 6.05. The van der Waals surface area contributed by atoms with Gasteiger partial charge in [-0.15, -0.1) is 0 Å². The molecule has 0 unspecified atom stereocenters. The highest BCUT2D eigenvalue weighted by atomic mass is 16.1. The number of rotatable bonds is 4. The largest absolute Gasteiger partial charge is 0.293 e. The van der Waals surface area contributed by atoms with E-state index in [9.17, 15) is 4.79 Å². The van der Waals surface area contributed by atoms with Crippen LogP contribution in [0.2, 0.25) is 0 Å². The van der Waals surface area contributed by atoms with Crippen LogP contribution in [0.4, 0.5) is 0 Å². The molecule has 0 bridgehead atoms. The van der Waals surface area contributed by atoms with Crippen molar-refractivity contribution in [2.75, 3.05) is 0 Å². The molecule has 1 aliphatic carbocycles. The van der Waals surface area contributed by atoms with Crippen LogP contribution in [0.15, 0.2) is 54.6 Å². The summed E-state index contributed by atoms with van der Waals surface area (Å²) in [7, 11) is 0. The van der Waals surface area contributed by atoms with Crippen LogP contribution in [-0.2, 0) is 5.41 Å². The molecule has 20 heavy (non-hydrogen) atoms. The number of Topliss-reactive ketones (excluding diaryl/α,β-unsaturated/α-hetero) is 1. The number of benzene rings is 2. The van der Waals surface area contributed by atoms with E-state index in [4.69, 9.17) is 0 Å². The third kappa shape index (κ3) is 2.18. The lowest BCUT2D eigenvalue weighted by atomic mass is 9.87. The molecule has 0 spiro atoms. The second kappa shape index (κ2) is 4.90. The molecule has 1 heteroatoms. The van der Waals surface area contributed by atoms with E-state index in [0.717, 1.165) is 24.0 Å². The molecule has 2 aromatic rings. The molecular formula is C19H20O. The highest BCUT2D eigenvalue weighted by Crippen LogP contribution is 2.50. The van der Waals surface area contributed by atoms with Crippen molar-refractivity contribution in [2.45, 2.75) is 38.0 Å². The lowest BCUT2D eigenvalue weighted by Crippen LogP contribution is -2.20. The first-order chi connectivity index (χ1) is 9.63. The molecule has 0 N–H and O–H groups in total. The van der Waals surface area contributed by atoms with E-state index >= 15 is 0 Å². The van der Waals surface area contributed by atoms with Crippen molar-refractivity contribution >= 4 is 5.78 Å². The first-order valence-electron chi connectivity index (χ1n) is 7.34. The van der Waals surface area contributed by atoms with Gasteiger partial charge in [0, 0.05) is 5.56 Å². The summed E-state index contributed by atoms with van der Waals surface area (Å²) in [5.74, 6) is 0.780. The zero-order valence-electron chi connectivity index (χ0n) is 12.1. The van der Waals surface area contributed by atoms with Gasteiger partial charge in [-0.05, 0) is 29.9 Å². The normalized spacial score (nSPS) is 16.1. The van der Waals surface area contributed by atoms with E-state index in [-0.39, 0.29) is 11.2 Å². The van der Waals surface area contributed by atoms with Gasteiger partial charge < -0.3 is 0 Å². The Bertz CT molecular complexity index is 604. The summed E-state index contributed by atoms with van der Waals surface area (Å²) < 4.78 is 0. The van der Waals surface area contributed by atoms with Gasteiger partial charge in [0.2, 0.25) is 0 Å². The number of hydrogen-bond donors (Lipinski definition) is 0. The van der Waals surface area contributed by atoms with E-state index < -0.39 is 0 Å². The quantitative estimate of drug-likeness (QED) is 0.730. The molecule has 0 aromatic heterocycles. The Morgan fingerprint density at radius 1 is 0.950 bits per heavy atom. The molecule has 3 rings (SSSR count). The van der Waals surface area contributed by atoms with Crippen LogP contribution in [-0.4, -0.2) is 5.78 Å². The molecule has 0 heterocycles. The molecular weight excluding hydrogens is 244 g/mol. The van der Waals surface area contributed by atoms with Crippen LogP contribution in [0.3, 0.4) is 0 Å². The number of carbonyl (C=O) groups is 1. The van der Waals surface area contributed by atoms with Crippen molar-refractivity contribution in [1.29, 1.82) is 0 Å². The third-order valence-electron chi connectivity index (χ3n) is 4.35.